The fourth-order valence-corrected chi connectivity index (χ4v) is 3.09. The van der Waals surface area contributed by atoms with Crippen molar-refractivity contribution in [3.63, 3.8) is 0 Å². The van der Waals surface area contributed by atoms with Gasteiger partial charge in [-0.3, -0.25) is 9.55 Å². The molecule has 1 N–H and O–H groups in total. The summed E-state index contributed by atoms with van der Waals surface area (Å²) in [4.78, 5) is 7.74. The monoisotopic (exact) mass is 291 g/mol. The molecule has 0 atom stereocenters. The number of aromatic amines is 1. The summed E-state index contributed by atoms with van der Waals surface area (Å²) >= 11 is 5.54. The first kappa shape index (κ1) is 12.3. The fraction of sp³-hybridized carbons (Fsp3) is 0.0588. The molecular weight excluding hydrogens is 278 g/mol. The highest BCUT2D eigenvalue weighted by molar-refractivity contribution is 7.71. The van der Waals surface area contributed by atoms with Crippen LogP contribution in [0.1, 0.15) is 5.56 Å². The summed E-state index contributed by atoms with van der Waals surface area (Å²) in [6.07, 6.45) is 1.81. The number of nitrogens with zero attached hydrogens (tertiary/aromatic N) is 2. The molecule has 2 aromatic carbocycles. The number of fused-ring (bicyclic) bond motifs is 2. The number of nitrogens with one attached hydrogen (secondary N) is 1. The molecule has 102 valence electrons. The highest BCUT2D eigenvalue weighted by Crippen LogP contribution is 2.26. The minimum Gasteiger partial charge on any atom is -0.330 e. The molecule has 4 heteroatoms. The maximum Gasteiger partial charge on any atom is 0.182 e. The Bertz CT molecular complexity index is 1020. The lowest BCUT2D eigenvalue weighted by molar-refractivity contribution is 1.07. The van der Waals surface area contributed by atoms with Crippen LogP contribution in [0.3, 0.4) is 0 Å². The molecule has 0 amide bonds. The summed E-state index contributed by atoms with van der Waals surface area (Å²) < 4.78 is 2.79. The molecule has 0 radical (unpaired) electrons. The van der Waals surface area contributed by atoms with Gasteiger partial charge < -0.3 is 4.98 Å². The molecule has 0 aliphatic carbocycles. The second-order valence-corrected chi connectivity index (χ2v) is 5.47. The van der Waals surface area contributed by atoms with Gasteiger partial charge in [-0.1, -0.05) is 18.2 Å². The van der Waals surface area contributed by atoms with E-state index in [1.54, 1.807) is 0 Å². The summed E-state index contributed by atoms with van der Waals surface area (Å²) in [5.41, 5.74) is 5.40. The normalized spacial score (nSPS) is 11.3. The van der Waals surface area contributed by atoms with Gasteiger partial charge in [0.15, 0.2) is 4.77 Å². The number of H-pyrrole nitrogens is 1. The summed E-state index contributed by atoms with van der Waals surface area (Å²) in [6, 6.07) is 16.4. The van der Waals surface area contributed by atoms with Crippen LogP contribution in [-0.2, 0) is 0 Å². The van der Waals surface area contributed by atoms with E-state index in [-0.39, 0.29) is 0 Å². The van der Waals surface area contributed by atoms with Crippen molar-refractivity contribution in [3.05, 3.63) is 65.1 Å². The Kier molecular flexibility index (Phi) is 2.65. The van der Waals surface area contributed by atoms with Gasteiger partial charge in [-0.05, 0) is 55.0 Å². The average molecular weight is 291 g/mol. The molecule has 0 saturated heterocycles. The molecule has 4 aromatic rings. The van der Waals surface area contributed by atoms with Crippen molar-refractivity contribution < 1.29 is 0 Å². The molecule has 0 aliphatic rings. The zero-order chi connectivity index (χ0) is 14.4. The molecule has 21 heavy (non-hydrogen) atoms. The first-order valence-corrected chi connectivity index (χ1v) is 7.21. The van der Waals surface area contributed by atoms with Crippen molar-refractivity contribution in [1.82, 2.24) is 14.5 Å². The Morgan fingerprint density at radius 1 is 1.05 bits per heavy atom. The quantitative estimate of drug-likeness (QED) is 0.522. The van der Waals surface area contributed by atoms with Crippen LogP contribution in [0.25, 0.3) is 27.6 Å². The van der Waals surface area contributed by atoms with Gasteiger partial charge in [0.2, 0.25) is 0 Å². The number of pyridine rings is 1. The molecule has 2 aromatic heterocycles. The summed E-state index contributed by atoms with van der Waals surface area (Å²) in [6.45, 7) is 2.09. The van der Waals surface area contributed by atoms with Gasteiger partial charge in [0.1, 0.15) is 0 Å². The van der Waals surface area contributed by atoms with Crippen LogP contribution in [0.15, 0.2) is 54.7 Å². The number of para-hydroxylation sites is 1. The van der Waals surface area contributed by atoms with Gasteiger partial charge in [0, 0.05) is 11.6 Å². The second kappa shape index (κ2) is 4.53. The first-order valence-electron chi connectivity index (χ1n) is 6.80. The minimum atomic E-state index is 0.704. The highest BCUT2D eigenvalue weighted by atomic mass is 32.1. The van der Waals surface area contributed by atoms with E-state index < -0.39 is 0 Å². The van der Waals surface area contributed by atoms with Crippen LogP contribution >= 0.6 is 12.2 Å². The number of aromatic nitrogens is 3. The van der Waals surface area contributed by atoms with Crippen molar-refractivity contribution >= 4 is 34.2 Å². The second-order valence-electron chi connectivity index (χ2n) is 5.08. The Balaban J connectivity index is 2.17. The van der Waals surface area contributed by atoms with Crippen LogP contribution in [0.5, 0.6) is 0 Å². The fourth-order valence-electron chi connectivity index (χ4n) is 2.79. The van der Waals surface area contributed by atoms with Crippen molar-refractivity contribution in [3.8, 4) is 5.69 Å². The zero-order valence-electron chi connectivity index (χ0n) is 11.5. The van der Waals surface area contributed by atoms with Crippen molar-refractivity contribution in [2.45, 2.75) is 6.92 Å². The van der Waals surface area contributed by atoms with Crippen LogP contribution < -0.4 is 0 Å². The van der Waals surface area contributed by atoms with E-state index in [0.29, 0.717) is 4.77 Å². The number of aryl methyl sites for hydroxylation is 1. The Labute approximate surface area is 126 Å². The number of rotatable bonds is 1. The zero-order valence-corrected chi connectivity index (χ0v) is 12.3. The van der Waals surface area contributed by atoms with E-state index in [1.165, 1.54) is 5.56 Å². The van der Waals surface area contributed by atoms with E-state index in [2.05, 4.69) is 51.8 Å². The smallest absolute Gasteiger partial charge is 0.182 e. The van der Waals surface area contributed by atoms with E-state index in [4.69, 9.17) is 12.2 Å². The molecule has 0 fully saturated rings. The molecule has 3 nitrogen and oxygen atoms in total. The van der Waals surface area contributed by atoms with E-state index in [0.717, 1.165) is 27.6 Å². The molecule has 4 rings (SSSR count). The third-order valence-electron chi connectivity index (χ3n) is 3.79. The van der Waals surface area contributed by atoms with Crippen molar-refractivity contribution in [1.29, 1.82) is 0 Å². The lowest BCUT2D eigenvalue weighted by Crippen LogP contribution is -1.95. The van der Waals surface area contributed by atoms with Crippen LogP contribution in [-0.4, -0.2) is 14.5 Å². The van der Waals surface area contributed by atoms with Gasteiger partial charge in [-0.25, -0.2) is 0 Å². The maximum absolute atomic E-state index is 5.54. The number of imidazole rings is 1. The van der Waals surface area contributed by atoms with Crippen molar-refractivity contribution in [2.24, 2.45) is 0 Å². The predicted molar refractivity (Wildman–Crippen MR) is 88.5 cm³/mol. The van der Waals surface area contributed by atoms with Gasteiger partial charge in [-0.2, -0.15) is 0 Å². The van der Waals surface area contributed by atoms with Crippen LogP contribution in [0.4, 0.5) is 0 Å². The largest absolute Gasteiger partial charge is 0.330 e. The molecule has 0 aliphatic heterocycles. The highest BCUT2D eigenvalue weighted by Gasteiger charge is 2.10. The van der Waals surface area contributed by atoms with Gasteiger partial charge in [0.05, 0.1) is 22.2 Å². The standard InChI is InChI=1S/C17H13N3S/c1-11-5-2-9-15-16(11)19-17(21)20(15)14-8-3-7-13-12(14)6-4-10-18-13/h2-10H,1H3,(H,19,21). The minimum absolute atomic E-state index is 0.704. The maximum atomic E-state index is 5.54. The third-order valence-corrected chi connectivity index (χ3v) is 4.07. The summed E-state index contributed by atoms with van der Waals surface area (Å²) in [7, 11) is 0. The lowest BCUT2D eigenvalue weighted by Gasteiger charge is -2.08. The van der Waals surface area contributed by atoms with Crippen molar-refractivity contribution in [2.75, 3.05) is 0 Å². The van der Waals surface area contributed by atoms with E-state index in [1.807, 2.05) is 24.4 Å². The molecule has 0 spiro atoms. The van der Waals surface area contributed by atoms with E-state index in [9.17, 15) is 0 Å². The predicted octanol–water partition coefficient (Wildman–Crippen LogP) is 4.54. The summed E-state index contributed by atoms with van der Waals surface area (Å²) in [5.74, 6) is 0. The molecule has 2 heterocycles. The Morgan fingerprint density at radius 2 is 1.90 bits per heavy atom. The topological polar surface area (TPSA) is 33.6 Å². The van der Waals surface area contributed by atoms with Gasteiger partial charge >= 0.3 is 0 Å². The number of hydrogen-bond donors (Lipinski definition) is 1. The average Bonchev–Trinajstić information content (AvgIpc) is 2.84. The molecule has 0 saturated carbocycles. The Hall–Kier alpha value is -2.46. The number of hydrogen-bond acceptors (Lipinski definition) is 2. The van der Waals surface area contributed by atoms with E-state index >= 15 is 0 Å². The van der Waals surface area contributed by atoms with Gasteiger partial charge in [0.25, 0.3) is 0 Å². The lowest BCUT2D eigenvalue weighted by atomic mass is 10.1. The Morgan fingerprint density at radius 3 is 2.81 bits per heavy atom. The third kappa shape index (κ3) is 1.80. The van der Waals surface area contributed by atoms with Crippen LogP contribution in [0.2, 0.25) is 0 Å². The molecular formula is C17H13N3S. The van der Waals surface area contributed by atoms with Crippen LogP contribution in [0, 0.1) is 11.7 Å². The first-order chi connectivity index (χ1) is 10.3. The SMILES string of the molecule is Cc1cccc2c1[nH]c(=S)n2-c1cccc2ncccc12. The van der Waals surface area contributed by atoms with Gasteiger partial charge in [-0.15, -0.1) is 0 Å². The number of benzene rings is 2. The summed E-state index contributed by atoms with van der Waals surface area (Å²) in [5, 5.41) is 1.10. The molecule has 0 bridgehead atoms. The molecule has 0 unspecified atom stereocenters.